The smallest absolute Gasteiger partial charge is 0.189 e. The van der Waals surface area contributed by atoms with E-state index in [2.05, 4.69) is 10.3 Å². The van der Waals surface area contributed by atoms with Crippen molar-refractivity contribution in [2.24, 2.45) is 10.7 Å². The number of hydrogen-bond acceptors (Lipinski definition) is 1. The molecule has 1 aromatic carbocycles. The highest BCUT2D eigenvalue weighted by Crippen LogP contribution is 2.24. The largest absolute Gasteiger partial charge is 0.370 e. The number of benzene rings is 1. The first-order valence-electron chi connectivity index (χ1n) is 5.51. The molecule has 3 nitrogen and oxygen atoms in total. The minimum absolute atomic E-state index is 0.0798. The summed E-state index contributed by atoms with van der Waals surface area (Å²) in [7, 11) is 0. The Hall–Kier alpha value is -1.22. The van der Waals surface area contributed by atoms with Crippen molar-refractivity contribution in [3.8, 4) is 0 Å². The van der Waals surface area contributed by atoms with Gasteiger partial charge >= 0.3 is 0 Å². The van der Waals surface area contributed by atoms with Crippen LogP contribution in [0.2, 0.25) is 5.02 Å². The lowest BCUT2D eigenvalue weighted by Gasteiger charge is -2.16. The molecule has 1 saturated carbocycles. The highest BCUT2D eigenvalue weighted by atomic mass is 35.5. The normalized spacial score (nSPS) is 18.2. The van der Waals surface area contributed by atoms with Gasteiger partial charge in [0.2, 0.25) is 0 Å². The van der Waals surface area contributed by atoms with Gasteiger partial charge < -0.3 is 11.1 Å². The predicted octanol–water partition coefficient (Wildman–Crippen LogP) is 2.47. The minimum Gasteiger partial charge on any atom is -0.370 e. The van der Waals surface area contributed by atoms with Crippen LogP contribution < -0.4 is 11.1 Å². The zero-order chi connectivity index (χ0) is 11.5. The van der Waals surface area contributed by atoms with E-state index in [1.807, 2.05) is 31.2 Å². The fourth-order valence-electron chi connectivity index (χ4n) is 1.56. The molecule has 0 spiro atoms. The molecular formula is C12H16ClN3. The Morgan fingerprint density at radius 2 is 2.19 bits per heavy atom. The summed E-state index contributed by atoms with van der Waals surface area (Å²) in [4.78, 5) is 4.32. The summed E-state index contributed by atoms with van der Waals surface area (Å²) in [5.74, 6) is 0.509. The molecular weight excluding hydrogens is 222 g/mol. The Balaban J connectivity index is 2.02. The molecule has 1 fully saturated rings. The summed E-state index contributed by atoms with van der Waals surface area (Å²) in [5, 5.41) is 3.90. The van der Waals surface area contributed by atoms with Crippen molar-refractivity contribution in [2.45, 2.75) is 31.8 Å². The first kappa shape index (κ1) is 11.3. The summed E-state index contributed by atoms with van der Waals surface area (Å²) in [6.07, 6.45) is 2.31. The molecule has 1 aliphatic carbocycles. The molecule has 0 saturated heterocycles. The summed E-state index contributed by atoms with van der Waals surface area (Å²) in [6, 6.07) is 8.27. The first-order chi connectivity index (χ1) is 7.66. The van der Waals surface area contributed by atoms with Crippen molar-refractivity contribution < 1.29 is 0 Å². The summed E-state index contributed by atoms with van der Waals surface area (Å²) < 4.78 is 0. The van der Waals surface area contributed by atoms with E-state index in [4.69, 9.17) is 17.3 Å². The standard InChI is InChI=1S/C12H16ClN3/c1-8(10-4-2-3-5-11(10)13)15-12(14)16-9-6-7-9/h2-5,8-9H,6-7H2,1H3,(H3,14,15,16). The Bertz CT molecular complexity index is 399. The van der Waals surface area contributed by atoms with Gasteiger partial charge in [-0.2, -0.15) is 0 Å². The molecule has 0 aromatic heterocycles. The van der Waals surface area contributed by atoms with Crippen molar-refractivity contribution >= 4 is 17.6 Å². The molecule has 16 heavy (non-hydrogen) atoms. The van der Waals surface area contributed by atoms with E-state index in [9.17, 15) is 0 Å². The summed E-state index contributed by atoms with van der Waals surface area (Å²) >= 11 is 6.10. The van der Waals surface area contributed by atoms with Crippen molar-refractivity contribution in [1.82, 2.24) is 5.32 Å². The third-order valence-corrected chi connectivity index (χ3v) is 2.95. The molecule has 4 heteroatoms. The van der Waals surface area contributed by atoms with Gasteiger partial charge in [-0.1, -0.05) is 29.8 Å². The topological polar surface area (TPSA) is 50.4 Å². The summed E-state index contributed by atoms with van der Waals surface area (Å²) in [6.45, 7) is 2.02. The third-order valence-electron chi connectivity index (χ3n) is 2.60. The molecule has 3 N–H and O–H groups in total. The van der Waals surface area contributed by atoms with E-state index in [-0.39, 0.29) is 6.04 Å². The maximum Gasteiger partial charge on any atom is 0.189 e. The zero-order valence-corrected chi connectivity index (χ0v) is 10.0. The number of rotatable bonds is 3. The van der Waals surface area contributed by atoms with Crippen LogP contribution in [-0.4, -0.2) is 12.0 Å². The van der Waals surface area contributed by atoms with Gasteiger partial charge in [-0.15, -0.1) is 0 Å². The van der Waals surface area contributed by atoms with Crippen molar-refractivity contribution in [3.63, 3.8) is 0 Å². The lowest BCUT2D eigenvalue weighted by molar-refractivity contribution is 0.708. The van der Waals surface area contributed by atoms with Crippen LogP contribution in [0, 0.1) is 0 Å². The first-order valence-corrected chi connectivity index (χ1v) is 5.89. The van der Waals surface area contributed by atoms with E-state index in [0.29, 0.717) is 12.0 Å². The number of aliphatic imine (C=N–C) groups is 1. The minimum atomic E-state index is 0.0798. The zero-order valence-electron chi connectivity index (χ0n) is 9.28. The molecule has 1 unspecified atom stereocenters. The van der Waals surface area contributed by atoms with E-state index < -0.39 is 0 Å². The summed E-state index contributed by atoms with van der Waals surface area (Å²) in [5.41, 5.74) is 6.84. The second-order valence-corrected chi connectivity index (χ2v) is 4.54. The van der Waals surface area contributed by atoms with Gasteiger partial charge in [0.15, 0.2) is 5.96 Å². The molecule has 1 aliphatic rings. The molecule has 86 valence electrons. The maximum atomic E-state index is 6.10. The molecule has 2 rings (SSSR count). The Morgan fingerprint density at radius 3 is 2.81 bits per heavy atom. The molecule has 0 radical (unpaired) electrons. The Labute approximate surface area is 101 Å². The third kappa shape index (κ3) is 2.89. The number of halogens is 1. The Morgan fingerprint density at radius 1 is 1.50 bits per heavy atom. The average Bonchev–Trinajstić information content (AvgIpc) is 3.01. The molecule has 0 aliphatic heterocycles. The van der Waals surface area contributed by atoms with E-state index in [1.165, 1.54) is 0 Å². The molecule has 0 heterocycles. The molecule has 0 amide bonds. The van der Waals surface area contributed by atoms with Crippen LogP contribution in [0.5, 0.6) is 0 Å². The quantitative estimate of drug-likeness (QED) is 0.627. The van der Waals surface area contributed by atoms with Crippen molar-refractivity contribution in [3.05, 3.63) is 34.9 Å². The SMILES string of the molecule is CC(NC(N)=NC1CC1)c1ccccc1Cl. The van der Waals surface area contributed by atoms with Crippen LogP contribution in [-0.2, 0) is 0 Å². The lowest BCUT2D eigenvalue weighted by Crippen LogP contribution is -2.34. The number of hydrogen-bond donors (Lipinski definition) is 2. The van der Waals surface area contributed by atoms with E-state index >= 15 is 0 Å². The monoisotopic (exact) mass is 237 g/mol. The van der Waals surface area contributed by atoms with E-state index in [1.54, 1.807) is 0 Å². The van der Waals surface area contributed by atoms with Gasteiger partial charge in [-0.3, -0.25) is 4.99 Å². The predicted molar refractivity (Wildman–Crippen MR) is 67.6 cm³/mol. The highest BCUT2D eigenvalue weighted by Gasteiger charge is 2.21. The fraction of sp³-hybridized carbons (Fsp3) is 0.417. The van der Waals surface area contributed by atoms with E-state index in [0.717, 1.165) is 23.4 Å². The molecule has 1 aromatic rings. The Kier molecular flexibility index (Phi) is 3.34. The lowest BCUT2D eigenvalue weighted by atomic mass is 10.1. The van der Waals surface area contributed by atoms with Gasteiger partial charge in [-0.25, -0.2) is 0 Å². The van der Waals surface area contributed by atoms with Gasteiger partial charge in [0.25, 0.3) is 0 Å². The average molecular weight is 238 g/mol. The number of guanidine groups is 1. The second-order valence-electron chi connectivity index (χ2n) is 4.13. The second kappa shape index (κ2) is 4.74. The highest BCUT2D eigenvalue weighted by molar-refractivity contribution is 6.31. The van der Waals surface area contributed by atoms with Crippen LogP contribution in [0.15, 0.2) is 29.3 Å². The van der Waals surface area contributed by atoms with Crippen LogP contribution in [0.3, 0.4) is 0 Å². The number of nitrogens with two attached hydrogens (primary N) is 1. The number of nitrogens with zero attached hydrogens (tertiary/aromatic N) is 1. The van der Waals surface area contributed by atoms with Gasteiger partial charge in [0.05, 0.1) is 12.1 Å². The van der Waals surface area contributed by atoms with Gasteiger partial charge in [-0.05, 0) is 31.4 Å². The van der Waals surface area contributed by atoms with Crippen LogP contribution in [0.1, 0.15) is 31.4 Å². The fourth-order valence-corrected chi connectivity index (χ4v) is 1.86. The van der Waals surface area contributed by atoms with Crippen LogP contribution in [0.4, 0.5) is 0 Å². The maximum absolute atomic E-state index is 6.10. The van der Waals surface area contributed by atoms with Crippen LogP contribution >= 0.6 is 11.6 Å². The molecule has 1 atom stereocenters. The molecule has 0 bridgehead atoms. The van der Waals surface area contributed by atoms with Crippen molar-refractivity contribution in [2.75, 3.05) is 0 Å². The van der Waals surface area contributed by atoms with Gasteiger partial charge in [0.1, 0.15) is 0 Å². The van der Waals surface area contributed by atoms with Crippen molar-refractivity contribution in [1.29, 1.82) is 0 Å². The van der Waals surface area contributed by atoms with Crippen LogP contribution in [0.25, 0.3) is 0 Å². The number of nitrogens with one attached hydrogen (secondary N) is 1. The van der Waals surface area contributed by atoms with Gasteiger partial charge in [0, 0.05) is 5.02 Å².